The topological polar surface area (TPSA) is 89.6 Å². The first-order valence-electron chi connectivity index (χ1n) is 7.54. The average molecular weight is 327 g/mol. The van der Waals surface area contributed by atoms with Crippen LogP contribution < -0.4 is 10.6 Å². The van der Waals surface area contributed by atoms with Crippen molar-refractivity contribution in [2.45, 2.75) is 6.10 Å². The molecular formula is C17H17N3O4. The Hall–Kier alpha value is -2.77. The summed E-state index contributed by atoms with van der Waals surface area (Å²) in [6.45, 7) is 1.14. The fourth-order valence-electron chi connectivity index (χ4n) is 2.24. The molecule has 1 aromatic carbocycles. The summed E-state index contributed by atoms with van der Waals surface area (Å²) < 4.78 is 10.6. The lowest BCUT2D eigenvalue weighted by molar-refractivity contribution is -0.142. The van der Waals surface area contributed by atoms with Crippen LogP contribution in [0.3, 0.4) is 0 Å². The van der Waals surface area contributed by atoms with Gasteiger partial charge >= 0.3 is 0 Å². The fourth-order valence-corrected chi connectivity index (χ4v) is 2.24. The smallest absolute Gasteiger partial charge is 0.255 e. The van der Waals surface area contributed by atoms with E-state index >= 15 is 0 Å². The monoisotopic (exact) mass is 327 g/mol. The van der Waals surface area contributed by atoms with Gasteiger partial charge in [0.05, 0.1) is 19.8 Å². The molecule has 7 heteroatoms. The molecule has 2 N–H and O–H groups in total. The molecule has 1 aliphatic heterocycles. The second kappa shape index (κ2) is 7.67. The number of aromatic nitrogens is 1. The summed E-state index contributed by atoms with van der Waals surface area (Å²) in [4.78, 5) is 28.1. The highest BCUT2D eigenvalue weighted by Gasteiger charge is 2.22. The number of anilines is 2. The van der Waals surface area contributed by atoms with Crippen molar-refractivity contribution in [2.75, 3.05) is 30.5 Å². The number of hydrogen-bond donors (Lipinski definition) is 2. The predicted molar refractivity (Wildman–Crippen MR) is 87.8 cm³/mol. The summed E-state index contributed by atoms with van der Waals surface area (Å²) in [7, 11) is 0. The van der Waals surface area contributed by atoms with Gasteiger partial charge in [-0.05, 0) is 30.3 Å². The second-order valence-electron chi connectivity index (χ2n) is 5.19. The van der Waals surface area contributed by atoms with Crippen LogP contribution in [0, 0.1) is 0 Å². The maximum atomic E-state index is 12.1. The Morgan fingerprint density at radius 1 is 1.04 bits per heavy atom. The highest BCUT2D eigenvalue weighted by Crippen LogP contribution is 2.17. The predicted octanol–water partition coefficient (Wildman–Crippen LogP) is 1.69. The third-order valence-electron chi connectivity index (χ3n) is 3.44. The van der Waals surface area contributed by atoms with Crippen LogP contribution in [0.25, 0.3) is 0 Å². The average Bonchev–Trinajstić information content (AvgIpc) is 2.63. The molecule has 7 nitrogen and oxygen atoms in total. The summed E-state index contributed by atoms with van der Waals surface area (Å²) in [6, 6.07) is 10.2. The minimum atomic E-state index is -0.617. The molecule has 0 saturated carbocycles. The quantitative estimate of drug-likeness (QED) is 0.892. The first-order valence-corrected chi connectivity index (χ1v) is 7.54. The van der Waals surface area contributed by atoms with Gasteiger partial charge in [-0.1, -0.05) is 6.07 Å². The first-order chi connectivity index (χ1) is 11.7. The molecule has 3 rings (SSSR count). The SMILES string of the molecule is O=C(Nc1cccc(NC(=O)C2COCCO2)c1)c1ccncc1. The van der Waals surface area contributed by atoms with E-state index < -0.39 is 6.10 Å². The van der Waals surface area contributed by atoms with Gasteiger partial charge in [0.15, 0.2) is 6.10 Å². The van der Waals surface area contributed by atoms with Crippen molar-refractivity contribution < 1.29 is 19.1 Å². The number of nitrogens with zero attached hydrogens (tertiary/aromatic N) is 1. The fraction of sp³-hybridized carbons (Fsp3) is 0.235. The molecule has 0 bridgehead atoms. The van der Waals surface area contributed by atoms with E-state index in [1.165, 1.54) is 0 Å². The minimum absolute atomic E-state index is 0.240. The van der Waals surface area contributed by atoms with E-state index in [0.29, 0.717) is 30.2 Å². The molecule has 2 amide bonds. The third kappa shape index (κ3) is 4.15. The Morgan fingerprint density at radius 3 is 2.50 bits per heavy atom. The van der Waals surface area contributed by atoms with E-state index in [-0.39, 0.29) is 18.4 Å². The summed E-state index contributed by atoms with van der Waals surface area (Å²) in [5.74, 6) is -0.516. The number of pyridine rings is 1. The van der Waals surface area contributed by atoms with Gasteiger partial charge in [-0.25, -0.2) is 0 Å². The van der Waals surface area contributed by atoms with E-state index in [0.717, 1.165) is 0 Å². The molecule has 124 valence electrons. The van der Waals surface area contributed by atoms with Gasteiger partial charge in [-0.2, -0.15) is 0 Å². The number of amides is 2. The molecule has 0 spiro atoms. The van der Waals surface area contributed by atoms with E-state index in [4.69, 9.17) is 9.47 Å². The highest BCUT2D eigenvalue weighted by molar-refractivity contribution is 6.04. The number of rotatable bonds is 4. The second-order valence-corrected chi connectivity index (χ2v) is 5.19. The number of benzene rings is 1. The number of nitrogens with one attached hydrogen (secondary N) is 2. The van der Waals surface area contributed by atoms with Crippen molar-refractivity contribution in [1.82, 2.24) is 4.98 Å². The van der Waals surface area contributed by atoms with Gasteiger partial charge < -0.3 is 20.1 Å². The van der Waals surface area contributed by atoms with Gasteiger partial charge in [0.2, 0.25) is 0 Å². The van der Waals surface area contributed by atoms with Gasteiger partial charge in [-0.15, -0.1) is 0 Å². The normalized spacial score (nSPS) is 17.1. The van der Waals surface area contributed by atoms with Gasteiger partial charge in [0.1, 0.15) is 0 Å². The molecule has 1 fully saturated rings. The molecule has 1 aromatic heterocycles. The Morgan fingerprint density at radius 2 is 1.79 bits per heavy atom. The number of hydrogen-bond acceptors (Lipinski definition) is 5. The Bertz CT molecular complexity index is 715. The zero-order chi connectivity index (χ0) is 16.8. The lowest BCUT2D eigenvalue weighted by Crippen LogP contribution is -2.39. The highest BCUT2D eigenvalue weighted by atomic mass is 16.6. The molecule has 2 aromatic rings. The largest absolute Gasteiger partial charge is 0.376 e. The number of ether oxygens (including phenoxy) is 2. The van der Waals surface area contributed by atoms with E-state index in [1.54, 1.807) is 48.8 Å². The van der Waals surface area contributed by atoms with Crippen LogP contribution in [-0.2, 0) is 14.3 Å². The molecule has 2 heterocycles. The van der Waals surface area contributed by atoms with Crippen molar-refractivity contribution in [3.8, 4) is 0 Å². The van der Waals surface area contributed by atoms with Crippen LogP contribution in [0.2, 0.25) is 0 Å². The van der Waals surface area contributed by atoms with Gasteiger partial charge in [0.25, 0.3) is 11.8 Å². The van der Waals surface area contributed by atoms with E-state index in [2.05, 4.69) is 15.6 Å². The third-order valence-corrected chi connectivity index (χ3v) is 3.44. The molecule has 0 aliphatic carbocycles. The molecule has 24 heavy (non-hydrogen) atoms. The number of carbonyl (C=O) groups is 2. The maximum Gasteiger partial charge on any atom is 0.255 e. The summed E-state index contributed by atoms with van der Waals surface area (Å²) in [5.41, 5.74) is 1.66. The number of carbonyl (C=O) groups excluding carboxylic acids is 2. The van der Waals surface area contributed by atoms with Crippen LogP contribution in [0.15, 0.2) is 48.8 Å². The van der Waals surface area contributed by atoms with Crippen LogP contribution >= 0.6 is 0 Å². The van der Waals surface area contributed by atoms with Crippen molar-refractivity contribution in [1.29, 1.82) is 0 Å². The van der Waals surface area contributed by atoms with Gasteiger partial charge in [-0.3, -0.25) is 14.6 Å². The Balaban J connectivity index is 1.63. The molecule has 0 radical (unpaired) electrons. The van der Waals surface area contributed by atoms with Gasteiger partial charge in [0, 0.05) is 29.3 Å². The summed E-state index contributed by atoms with van der Waals surface area (Å²) in [6.07, 6.45) is 2.49. The van der Waals surface area contributed by atoms with Crippen molar-refractivity contribution in [3.05, 3.63) is 54.4 Å². The molecular weight excluding hydrogens is 310 g/mol. The van der Waals surface area contributed by atoms with Crippen molar-refractivity contribution in [3.63, 3.8) is 0 Å². The first kappa shape index (κ1) is 16.1. The molecule has 1 aliphatic rings. The van der Waals surface area contributed by atoms with Crippen molar-refractivity contribution >= 4 is 23.2 Å². The van der Waals surface area contributed by atoms with Crippen LogP contribution in [-0.4, -0.2) is 42.7 Å². The molecule has 1 saturated heterocycles. The van der Waals surface area contributed by atoms with E-state index in [9.17, 15) is 9.59 Å². The maximum absolute atomic E-state index is 12.1. The van der Waals surface area contributed by atoms with Crippen molar-refractivity contribution in [2.24, 2.45) is 0 Å². The van der Waals surface area contributed by atoms with E-state index in [1.807, 2.05) is 0 Å². The van der Waals surface area contributed by atoms with Crippen LogP contribution in [0.4, 0.5) is 11.4 Å². The lowest BCUT2D eigenvalue weighted by Gasteiger charge is -2.22. The summed E-state index contributed by atoms with van der Waals surface area (Å²) >= 11 is 0. The molecule has 1 unspecified atom stereocenters. The Labute approximate surface area is 139 Å². The minimum Gasteiger partial charge on any atom is -0.376 e. The molecule has 1 atom stereocenters. The van der Waals surface area contributed by atoms with Crippen LogP contribution in [0.5, 0.6) is 0 Å². The lowest BCUT2D eigenvalue weighted by atomic mass is 10.2. The summed E-state index contributed by atoms with van der Waals surface area (Å²) in [5, 5.41) is 5.54. The van der Waals surface area contributed by atoms with Crippen LogP contribution in [0.1, 0.15) is 10.4 Å². The zero-order valence-electron chi connectivity index (χ0n) is 12.9. The Kier molecular flexibility index (Phi) is 5.15. The standard InChI is InChI=1S/C17H17N3O4/c21-16(12-4-6-18-7-5-12)19-13-2-1-3-14(10-13)20-17(22)15-11-23-8-9-24-15/h1-7,10,15H,8-9,11H2,(H,19,21)(H,20,22). The zero-order valence-corrected chi connectivity index (χ0v) is 12.9.